The monoisotopic (exact) mass is 254 g/mol. The van der Waals surface area contributed by atoms with Crippen LogP contribution in [0.5, 0.6) is 0 Å². The van der Waals surface area contributed by atoms with E-state index in [0.29, 0.717) is 17.7 Å². The van der Waals surface area contributed by atoms with Crippen LogP contribution in [0.15, 0.2) is 18.2 Å². The Morgan fingerprint density at radius 2 is 2.18 bits per heavy atom. The van der Waals surface area contributed by atoms with E-state index < -0.39 is 0 Å². The highest BCUT2D eigenvalue weighted by atomic mass is 32.1. The van der Waals surface area contributed by atoms with E-state index in [9.17, 15) is 9.18 Å². The number of likely N-dealkylation sites (N-methyl/N-ethyl adjacent to an activating group) is 1. The second-order valence-electron chi connectivity index (χ2n) is 3.74. The van der Waals surface area contributed by atoms with Gasteiger partial charge in [0.25, 0.3) is 5.91 Å². The summed E-state index contributed by atoms with van der Waals surface area (Å²) in [5.74, 6) is -0.533. The summed E-state index contributed by atoms with van der Waals surface area (Å²) in [6, 6.07) is 4.09. The number of amides is 1. The first-order chi connectivity index (χ1) is 7.95. The van der Waals surface area contributed by atoms with Crippen LogP contribution >= 0.6 is 12.2 Å². The van der Waals surface area contributed by atoms with Crippen molar-refractivity contribution in [2.24, 2.45) is 5.73 Å². The van der Waals surface area contributed by atoms with Crippen molar-refractivity contribution in [2.45, 2.75) is 13.8 Å². The molecule has 0 aliphatic rings. The summed E-state index contributed by atoms with van der Waals surface area (Å²) >= 11 is 4.78. The predicted octanol–water partition coefficient (Wildman–Crippen LogP) is 1.88. The lowest BCUT2D eigenvalue weighted by atomic mass is 10.1. The van der Waals surface area contributed by atoms with Crippen LogP contribution in [0, 0.1) is 12.7 Å². The Balaban J connectivity index is 2.97. The fourth-order valence-electron chi connectivity index (χ4n) is 1.55. The Morgan fingerprint density at radius 1 is 1.53 bits per heavy atom. The third-order valence-electron chi connectivity index (χ3n) is 2.43. The van der Waals surface area contributed by atoms with Crippen molar-refractivity contribution in [3.63, 3.8) is 0 Å². The quantitative estimate of drug-likeness (QED) is 0.835. The van der Waals surface area contributed by atoms with E-state index in [-0.39, 0.29) is 23.3 Å². The first-order valence-electron chi connectivity index (χ1n) is 5.29. The summed E-state index contributed by atoms with van der Waals surface area (Å²) in [5.41, 5.74) is 6.51. The zero-order valence-corrected chi connectivity index (χ0v) is 10.7. The van der Waals surface area contributed by atoms with Gasteiger partial charge in [-0.15, -0.1) is 0 Å². The molecule has 17 heavy (non-hydrogen) atoms. The maximum Gasteiger partial charge on any atom is 0.254 e. The number of nitrogens with zero attached hydrogens (tertiary/aromatic N) is 1. The lowest BCUT2D eigenvalue weighted by molar-refractivity contribution is 0.0787. The predicted molar refractivity (Wildman–Crippen MR) is 69.5 cm³/mol. The van der Waals surface area contributed by atoms with Gasteiger partial charge in [-0.05, 0) is 37.6 Å². The van der Waals surface area contributed by atoms with E-state index in [0.717, 1.165) is 0 Å². The van der Waals surface area contributed by atoms with Crippen molar-refractivity contribution in [1.29, 1.82) is 0 Å². The number of nitrogens with two attached hydrogens (primary N) is 1. The topological polar surface area (TPSA) is 46.3 Å². The van der Waals surface area contributed by atoms with Gasteiger partial charge in [0, 0.05) is 12.1 Å². The number of carbonyl (C=O) groups excluding carboxylic acids is 1. The molecule has 0 radical (unpaired) electrons. The highest BCUT2D eigenvalue weighted by Gasteiger charge is 2.16. The van der Waals surface area contributed by atoms with Gasteiger partial charge in [0.15, 0.2) is 0 Å². The van der Waals surface area contributed by atoms with E-state index in [1.165, 1.54) is 23.1 Å². The number of hydrogen-bond acceptors (Lipinski definition) is 2. The van der Waals surface area contributed by atoms with Crippen LogP contribution in [0.2, 0.25) is 0 Å². The smallest absolute Gasteiger partial charge is 0.254 e. The molecule has 0 atom stereocenters. The van der Waals surface area contributed by atoms with Crippen LogP contribution in [0.25, 0.3) is 0 Å². The van der Waals surface area contributed by atoms with Gasteiger partial charge in [-0.1, -0.05) is 12.2 Å². The molecule has 0 heterocycles. The summed E-state index contributed by atoms with van der Waals surface area (Å²) in [4.78, 5) is 13.9. The SMILES string of the molecule is CCN(CC(N)=S)C(=O)c1ccc(F)cc1C. The lowest BCUT2D eigenvalue weighted by Gasteiger charge is -2.21. The Morgan fingerprint density at radius 3 is 2.65 bits per heavy atom. The largest absolute Gasteiger partial charge is 0.392 e. The minimum Gasteiger partial charge on any atom is -0.392 e. The Kier molecular flexibility index (Phi) is 4.57. The molecule has 92 valence electrons. The van der Waals surface area contributed by atoms with Crippen molar-refractivity contribution >= 4 is 23.1 Å². The molecular formula is C12H15FN2OS. The molecule has 0 aliphatic carbocycles. The number of hydrogen-bond donors (Lipinski definition) is 1. The molecular weight excluding hydrogens is 239 g/mol. The molecule has 0 aromatic heterocycles. The van der Waals surface area contributed by atoms with Crippen LogP contribution in [0.4, 0.5) is 4.39 Å². The number of rotatable bonds is 4. The lowest BCUT2D eigenvalue weighted by Crippen LogP contribution is -2.37. The minimum atomic E-state index is -0.351. The van der Waals surface area contributed by atoms with Crippen molar-refractivity contribution in [3.05, 3.63) is 35.1 Å². The highest BCUT2D eigenvalue weighted by Crippen LogP contribution is 2.12. The fraction of sp³-hybridized carbons (Fsp3) is 0.333. The average molecular weight is 254 g/mol. The van der Waals surface area contributed by atoms with Crippen LogP contribution in [0.1, 0.15) is 22.8 Å². The Bertz CT molecular complexity index is 448. The molecule has 0 aliphatic heterocycles. The molecule has 1 amide bonds. The van der Waals surface area contributed by atoms with E-state index in [4.69, 9.17) is 18.0 Å². The third kappa shape index (κ3) is 3.49. The van der Waals surface area contributed by atoms with Gasteiger partial charge in [-0.25, -0.2) is 4.39 Å². The van der Waals surface area contributed by atoms with Crippen LogP contribution in [-0.2, 0) is 0 Å². The number of halogens is 1. The van der Waals surface area contributed by atoms with Crippen LogP contribution in [-0.4, -0.2) is 28.9 Å². The van der Waals surface area contributed by atoms with Gasteiger partial charge >= 0.3 is 0 Å². The van der Waals surface area contributed by atoms with Gasteiger partial charge in [0.1, 0.15) is 5.82 Å². The molecule has 0 saturated carbocycles. The molecule has 3 nitrogen and oxygen atoms in total. The Labute approximate surface area is 105 Å². The van der Waals surface area contributed by atoms with Gasteiger partial charge in [0.05, 0.1) is 11.5 Å². The normalized spacial score (nSPS) is 10.1. The number of thiocarbonyl (C=S) groups is 1. The molecule has 0 fully saturated rings. The van der Waals surface area contributed by atoms with Crippen LogP contribution < -0.4 is 5.73 Å². The minimum absolute atomic E-state index is 0.183. The summed E-state index contributed by atoms with van der Waals surface area (Å²) in [6.45, 7) is 4.29. The van der Waals surface area contributed by atoms with Crippen molar-refractivity contribution in [1.82, 2.24) is 4.90 Å². The molecule has 5 heteroatoms. The maximum atomic E-state index is 12.9. The summed E-state index contributed by atoms with van der Waals surface area (Å²) < 4.78 is 12.9. The zero-order valence-electron chi connectivity index (χ0n) is 9.87. The highest BCUT2D eigenvalue weighted by molar-refractivity contribution is 7.80. The zero-order chi connectivity index (χ0) is 13.0. The van der Waals surface area contributed by atoms with Gasteiger partial charge < -0.3 is 10.6 Å². The van der Waals surface area contributed by atoms with Crippen molar-refractivity contribution < 1.29 is 9.18 Å². The molecule has 2 N–H and O–H groups in total. The molecule has 0 saturated heterocycles. The van der Waals surface area contributed by atoms with E-state index >= 15 is 0 Å². The standard InChI is InChI=1S/C12H15FN2OS/c1-3-15(7-11(14)17)12(16)10-5-4-9(13)6-8(10)2/h4-6H,3,7H2,1-2H3,(H2,14,17). The second-order valence-corrected chi connectivity index (χ2v) is 4.27. The summed E-state index contributed by atoms with van der Waals surface area (Å²) in [7, 11) is 0. The van der Waals surface area contributed by atoms with Crippen molar-refractivity contribution in [3.8, 4) is 0 Å². The van der Waals surface area contributed by atoms with Crippen LogP contribution in [0.3, 0.4) is 0 Å². The van der Waals surface area contributed by atoms with Gasteiger partial charge in [-0.3, -0.25) is 4.79 Å². The first kappa shape index (κ1) is 13.6. The van der Waals surface area contributed by atoms with Gasteiger partial charge in [0.2, 0.25) is 0 Å². The second kappa shape index (κ2) is 5.72. The fourth-order valence-corrected chi connectivity index (χ4v) is 1.71. The number of aryl methyl sites for hydroxylation is 1. The van der Waals surface area contributed by atoms with Gasteiger partial charge in [-0.2, -0.15) is 0 Å². The van der Waals surface area contributed by atoms with E-state index in [1.807, 2.05) is 6.92 Å². The Hall–Kier alpha value is -1.49. The molecule has 1 aromatic rings. The van der Waals surface area contributed by atoms with Crippen molar-refractivity contribution in [2.75, 3.05) is 13.1 Å². The summed E-state index contributed by atoms with van der Waals surface area (Å²) in [5, 5.41) is 0. The number of carbonyl (C=O) groups is 1. The molecule has 0 unspecified atom stereocenters. The summed E-state index contributed by atoms with van der Waals surface area (Å²) in [6.07, 6.45) is 0. The third-order valence-corrected chi connectivity index (χ3v) is 2.56. The average Bonchev–Trinajstić information content (AvgIpc) is 2.24. The number of benzene rings is 1. The molecule has 1 rings (SSSR count). The molecule has 1 aromatic carbocycles. The molecule has 0 bridgehead atoms. The molecule has 0 spiro atoms. The van der Waals surface area contributed by atoms with E-state index in [2.05, 4.69) is 0 Å². The van der Waals surface area contributed by atoms with E-state index in [1.54, 1.807) is 6.92 Å². The first-order valence-corrected chi connectivity index (χ1v) is 5.70. The maximum absolute atomic E-state index is 12.9.